The average Bonchev–Trinajstić information content (AvgIpc) is 3.10. The van der Waals surface area contributed by atoms with Gasteiger partial charge in [-0.1, -0.05) is 48.6 Å². The minimum atomic E-state index is -0.362. The fourth-order valence-electron chi connectivity index (χ4n) is 3.60. The van der Waals surface area contributed by atoms with Crippen molar-refractivity contribution in [2.45, 2.75) is 18.4 Å². The smallest absolute Gasteiger partial charge is 0.231 e. The molecule has 0 saturated carbocycles. The van der Waals surface area contributed by atoms with E-state index in [0.717, 1.165) is 36.6 Å². The van der Waals surface area contributed by atoms with Crippen molar-refractivity contribution in [1.82, 2.24) is 4.90 Å². The summed E-state index contributed by atoms with van der Waals surface area (Å²) in [5, 5.41) is 10.6. The minimum Gasteiger partial charge on any atom is -0.454 e. The van der Waals surface area contributed by atoms with Gasteiger partial charge in [0.1, 0.15) is 0 Å². The van der Waals surface area contributed by atoms with Crippen LogP contribution in [0.4, 0.5) is 0 Å². The number of benzene rings is 2. The van der Waals surface area contributed by atoms with Crippen molar-refractivity contribution >= 4 is 6.08 Å². The molecule has 0 aromatic heterocycles. The summed E-state index contributed by atoms with van der Waals surface area (Å²) in [5.74, 6) is 1.74. The Morgan fingerprint density at radius 3 is 2.76 bits per heavy atom. The highest BCUT2D eigenvalue weighted by Crippen LogP contribution is 2.37. The van der Waals surface area contributed by atoms with E-state index in [2.05, 4.69) is 29.2 Å². The molecule has 2 atom stereocenters. The van der Waals surface area contributed by atoms with Crippen LogP contribution in [0.1, 0.15) is 23.5 Å². The fraction of sp³-hybridized carbons (Fsp3) is 0.333. The predicted octanol–water partition coefficient (Wildman–Crippen LogP) is 3.28. The van der Waals surface area contributed by atoms with Crippen LogP contribution in [0.2, 0.25) is 0 Å². The predicted molar refractivity (Wildman–Crippen MR) is 97.8 cm³/mol. The topological polar surface area (TPSA) is 41.9 Å². The van der Waals surface area contributed by atoms with E-state index in [0.29, 0.717) is 6.54 Å². The first-order valence-electron chi connectivity index (χ1n) is 8.81. The molecule has 2 aliphatic rings. The van der Waals surface area contributed by atoms with Crippen LogP contribution in [-0.4, -0.2) is 42.5 Å². The zero-order valence-electron chi connectivity index (χ0n) is 14.2. The van der Waals surface area contributed by atoms with Crippen LogP contribution >= 0.6 is 0 Å². The third-order valence-electron chi connectivity index (χ3n) is 4.96. The van der Waals surface area contributed by atoms with Crippen LogP contribution in [-0.2, 0) is 0 Å². The second-order valence-electron chi connectivity index (χ2n) is 6.65. The molecule has 2 aromatic rings. The SMILES string of the molecule is O[C@@H]1CN(CC=Cc2ccccc2)CC[C@H]1c1ccc2c(c1)OCO2. The lowest BCUT2D eigenvalue weighted by Gasteiger charge is -2.35. The third-order valence-corrected chi connectivity index (χ3v) is 4.96. The molecule has 0 spiro atoms. The summed E-state index contributed by atoms with van der Waals surface area (Å²) >= 11 is 0. The van der Waals surface area contributed by atoms with E-state index in [1.54, 1.807) is 0 Å². The van der Waals surface area contributed by atoms with E-state index >= 15 is 0 Å². The van der Waals surface area contributed by atoms with E-state index in [1.807, 2.05) is 36.4 Å². The van der Waals surface area contributed by atoms with Crippen LogP contribution in [0.25, 0.3) is 6.08 Å². The highest BCUT2D eigenvalue weighted by Gasteiger charge is 2.29. The number of hydrogen-bond acceptors (Lipinski definition) is 4. The normalized spacial score (nSPS) is 23.2. The molecular formula is C21H23NO3. The van der Waals surface area contributed by atoms with E-state index in [-0.39, 0.29) is 18.8 Å². The largest absolute Gasteiger partial charge is 0.454 e. The maximum atomic E-state index is 10.6. The van der Waals surface area contributed by atoms with Gasteiger partial charge in [0, 0.05) is 19.0 Å². The first-order chi connectivity index (χ1) is 12.3. The molecule has 0 amide bonds. The summed E-state index contributed by atoms with van der Waals surface area (Å²) in [4.78, 5) is 2.30. The van der Waals surface area contributed by atoms with Crippen molar-refractivity contribution in [3.05, 3.63) is 65.7 Å². The molecular weight excluding hydrogens is 314 g/mol. The van der Waals surface area contributed by atoms with Crippen molar-refractivity contribution in [2.75, 3.05) is 26.4 Å². The molecule has 4 nitrogen and oxygen atoms in total. The van der Waals surface area contributed by atoms with Gasteiger partial charge in [-0.25, -0.2) is 0 Å². The summed E-state index contributed by atoms with van der Waals surface area (Å²) in [7, 11) is 0. The number of piperidine rings is 1. The lowest BCUT2D eigenvalue weighted by atomic mass is 9.87. The van der Waals surface area contributed by atoms with Crippen molar-refractivity contribution < 1.29 is 14.6 Å². The monoisotopic (exact) mass is 337 g/mol. The molecule has 4 heteroatoms. The summed E-state index contributed by atoms with van der Waals surface area (Å²) in [6.45, 7) is 2.82. The van der Waals surface area contributed by atoms with Crippen molar-refractivity contribution in [3.8, 4) is 11.5 Å². The van der Waals surface area contributed by atoms with E-state index in [9.17, 15) is 5.11 Å². The van der Waals surface area contributed by atoms with Gasteiger partial charge >= 0.3 is 0 Å². The molecule has 0 aliphatic carbocycles. The van der Waals surface area contributed by atoms with Crippen molar-refractivity contribution in [1.29, 1.82) is 0 Å². The number of rotatable bonds is 4. The molecule has 1 N–H and O–H groups in total. The van der Waals surface area contributed by atoms with Gasteiger partial charge in [0.2, 0.25) is 6.79 Å². The molecule has 0 bridgehead atoms. The van der Waals surface area contributed by atoms with E-state index in [1.165, 1.54) is 5.56 Å². The standard InChI is InChI=1S/C21H23NO3/c23-19-14-22(11-4-7-16-5-2-1-3-6-16)12-10-18(19)17-8-9-20-21(13-17)25-15-24-20/h1-9,13,18-19,23H,10-12,14-15H2/t18-,19+/m0/s1. The number of likely N-dealkylation sites (tertiary alicyclic amines) is 1. The van der Waals surface area contributed by atoms with Gasteiger partial charge in [-0.05, 0) is 36.2 Å². The maximum Gasteiger partial charge on any atom is 0.231 e. The zero-order chi connectivity index (χ0) is 17.1. The molecule has 1 fully saturated rings. The lowest BCUT2D eigenvalue weighted by Crippen LogP contribution is -2.42. The summed E-state index contributed by atoms with van der Waals surface area (Å²) < 4.78 is 10.8. The maximum absolute atomic E-state index is 10.6. The van der Waals surface area contributed by atoms with E-state index < -0.39 is 0 Å². The van der Waals surface area contributed by atoms with Crippen LogP contribution in [0, 0.1) is 0 Å². The number of aliphatic hydroxyl groups is 1. The molecule has 0 unspecified atom stereocenters. The molecule has 25 heavy (non-hydrogen) atoms. The summed E-state index contributed by atoms with van der Waals surface area (Å²) in [6, 6.07) is 16.3. The van der Waals surface area contributed by atoms with Crippen LogP contribution in [0.15, 0.2) is 54.6 Å². The quantitative estimate of drug-likeness (QED) is 0.930. The first-order valence-corrected chi connectivity index (χ1v) is 8.81. The number of nitrogens with zero attached hydrogens (tertiary/aromatic N) is 1. The third kappa shape index (κ3) is 3.70. The molecule has 4 rings (SSSR count). The van der Waals surface area contributed by atoms with Crippen LogP contribution in [0.5, 0.6) is 11.5 Å². The molecule has 130 valence electrons. The number of ether oxygens (including phenoxy) is 2. The van der Waals surface area contributed by atoms with Gasteiger partial charge in [-0.2, -0.15) is 0 Å². The molecule has 1 saturated heterocycles. The van der Waals surface area contributed by atoms with Gasteiger partial charge in [-0.3, -0.25) is 4.90 Å². The second-order valence-corrected chi connectivity index (χ2v) is 6.65. The highest BCUT2D eigenvalue weighted by molar-refractivity contribution is 5.49. The van der Waals surface area contributed by atoms with Gasteiger partial charge in [0.25, 0.3) is 0 Å². The Labute approximate surface area is 148 Å². The Kier molecular flexibility index (Phi) is 4.72. The Morgan fingerprint density at radius 2 is 1.92 bits per heavy atom. The Bertz CT molecular complexity index is 744. The second kappa shape index (κ2) is 7.30. The Balaban J connectivity index is 1.35. The number of aliphatic hydroxyl groups excluding tert-OH is 1. The summed E-state index contributed by atoms with van der Waals surface area (Å²) in [6.07, 6.45) is 4.89. The molecule has 2 heterocycles. The van der Waals surface area contributed by atoms with Gasteiger partial charge in [0.15, 0.2) is 11.5 Å². The van der Waals surface area contributed by atoms with E-state index in [4.69, 9.17) is 9.47 Å². The van der Waals surface area contributed by atoms with Gasteiger partial charge in [-0.15, -0.1) is 0 Å². The molecule has 2 aliphatic heterocycles. The fourth-order valence-corrected chi connectivity index (χ4v) is 3.60. The highest BCUT2D eigenvalue weighted by atomic mass is 16.7. The zero-order valence-corrected chi connectivity index (χ0v) is 14.2. The van der Waals surface area contributed by atoms with Crippen LogP contribution < -0.4 is 9.47 Å². The van der Waals surface area contributed by atoms with Crippen molar-refractivity contribution in [2.24, 2.45) is 0 Å². The molecule has 2 aromatic carbocycles. The Hall–Kier alpha value is -2.30. The Morgan fingerprint density at radius 1 is 1.08 bits per heavy atom. The number of fused-ring (bicyclic) bond motifs is 1. The lowest BCUT2D eigenvalue weighted by molar-refractivity contribution is 0.0570. The number of β-amino-alcohol motifs (C(OH)–C–C–N with tert-alkyl or cyclic N) is 1. The molecule has 0 radical (unpaired) electrons. The minimum absolute atomic E-state index is 0.156. The average molecular weight is 337 g/mol. The van der Waals surface area contributed by atoms with Gasteiger partial charge in [0.05, 0.1) is 6.10 Å². The first kappa shape index (κ1) is 16.2. The van der Waals surface area contributed by atoms with Gasteiger partial charge < -0.3 is 14.6 Å². The number of hydrogen-bond donors (Lipinski definition) is 1. The van der Waals surface area contributed by atoms with Crippen LogP contribution in [0.3, 0.4) is 0 Å². The summed E-state index contributed by atoms with van der Waals surface area (Å²) in [5.41, 5.74) is 2.34. The van der Waals surface area contributed by atoms with Crippen molar-refractivity contribution in [3.63, 3.8) is 0 Å².